The topological polar surface area (TPSA) is 77.5 Å². The molecule has 0 unspecified atom stereocenters. The third-order valence-electron chi connectivity index (χ3n) is 4.50. The Labute approximate surface area is 180 Å². The Bertz CT molecular complexity index is 1050. The Morgan fingerprint density at radius 3 is 2.58 bits per heavy atom. The van der Waals surface area contributed by atoms with E-state index in [-0.39, 0.29) is 24.4 Å². The van der Waals surface area contributed by atoms with Crippen LogP contribution in [0.2, 0.25) is 0 Å². The minimum Gasteiger partial charge on any atom is -0.452 e. The van der Waals surface area contributed by atoms with E-state index in [4.69, 9.17) is 9.47 Å². The van der Waals surface area contributed by atoms with Gasteiger partial charge in [0.05, 0.1) is 22.9 Å². The molecule has 2 aromatic carbocycles. The van der Waals surface area contributed by atoms with Crippen LogP contribution in [0.15, 0.2) is 54.6 Å². The zero-order valence-electron chi connectivity index (χ0n) is 17.6. The van der Waals surface area contributed by atoms with Gasteiger partial charge in [-0.1, -0.05) is 18.2 Å². The fraction of sp³-hybridized carbons (Fsp3) is 0.292. The Morgan fingerprint density at radius 2 is 1.84 bits per heavy atom. The zero-order valence-corrected chi connectivity index (χ0v) is 17.6. The van der Waals surface area contributed by atoms with E-state index < -0.39 is 5.97 Å². The van der Waals surface area contributed by atoms with Gasteiger partial charge in [0.1, 0.15) is 5.82 Å². The monoisotopic (exact) mass is 424 g/mol. The molecule has 1 N–H and O–H groups in total. The molecule has 0 spiro atoms. The average Bonchev–Trinajstić information content (AvgIpc) is 2.76. The quantitative estimate of drug-likeness (QED) is 0.413. The minimum absolute atomic E-state index is 0.145. The van der Waals surface area contributed by atoms with E-state index in [2.05, 4.69) is 10.3 Å². The Hall–Kier alpha value is -3.32. The van der Waals surface area contributed by atoms with Gasteiger partial charge < -0.3 is 14.8 Å². The van der Waals surface area contributed by atoms with Gasteiger partial charge in [0.15, 0.2) is 6.61 Å². The first-order valence-electron chi connectivity index (χ1n) is 10.1. The first-order valence-corrected chi connectivity index (χ1v) is 10.1. The summed E-state index contributed by atoms with van der Waals surface area (Å²) >= 11 is 0. The molecule has 31 heavy (non-hydrogen) atoms. The van der Waals surface area contributed by atoms with E-state index in [1.165, 1.54) is 12.1 Å². The summed E-state index contributed by atoms with van der Waals surface area (Å²) in [5.41, 5.74) is 2.08. The SMILES string of the molecule is CC(C)OCCCNC(=O)COC(=O)c1cc(-c2ccc(F)cc2)nc2ccccc12. The van der Waals surface area contributed by atoms with E-state index in [1.807, 2.05) is 19.9 Å². The molecule has 3 rings (SSSR count). The summed E-state index contributed by atoms with van der Waals surface area (Å²) in [5.74, 6) is -1.36. The van der Waals surface area contributed by atoms with Gasteiger partial charge in [-0.15, -0.1) is 0 Å². The first-order chi connectivity index (χ1) is 14.9. The lowest BCUT2D eigenvalue weighted by molar-refractivity contribution is -0.124. The maximum atomic E-state index is 13.3. The number of pyridine rings is 1. The van der Waals surface area contributed by atoms with E-state index in [0.29, 0.717) is 47.3 Å². The van der Waals surface area contributed by atoms with Gasteiger partial charge in [0.25, 0.3) is 5.91 Å². The zero-order chi connectivity index (χ0) is 22.2. The van der Waals surface area contributed by atoms with Gasteiger partial charge in [0, 0.05) is 24.1 Å². The van der Waals surface area contributed by atoms with Crippen LogP contribution in [-0.2, 0) is 14.3 Å². The number of halogens is 1. The van der Waals surface area contributed by atoms with E-state index in [1.54, 1.807) is 36.4 Å². The van der Waals surface area contributed by atoms with Crippen molar-refractivity contribution >= 4 is 22.8 Å². The van der Waals surface area contributed by atoms with E-state index in [9.17, 15) is 14.0 Å². The van der Waals surface area contributed by atoms with Crippen LogP contribution in [0.25, 0.3) is 22.2 Å². The normalized spacial score (nSPS) is 11.0. The highest BCUT2D eigenvalue weighted by molar-refractivity contribution is 6.05. The van der Waals surface area contributed by atoms with Gasteiger partial charge in [-0.25, -0.2) is 14.2 Å². The molecule has 6 nitrogen and oxygen atoms in total. The van der Waals surface area contributed by atoms with Crippen molar-refractivity contribution in [3.05, 3.63) is 66.0 Å². The second-order valence-electron chi connectivity index (χ2n) is 7.28. The highest BCUT2D eigenvalue weighted by Crippen LogP contribution is 2.25. The summed E-state index contributed by atoms with van der Waals surface area (Å²) in [4.78, 5) is 29.3. The molecule has 0 fully saturated rings. The van der Waals surface area contributed by atoms with Gasteiger partial charge in [-0.2, -0.15) is 0 Å². The van der Waals surface area contributed by atoms with E-state index in [0.717, 1.165) is 0 Å². The summed E-state index contributed by atoms with van der Waals surface area (Å²) in [5, 5.41) is 3.31. The lowest BCUT2D eigenvalue weighted by Crippen LogP contribution is -2.30. The molecule has 1 aromatic heterocycles. The number of rotatable bonds is 9. The lowest BCUT2D eigenvalue weighted by atomic mass is 10.0. The number of esters is 1. The van der Waals surface area contributed by atoms with Crippen LogP contribution >= 0.6 is 0 Å². The number of nitrogens with zero attached hydrogens (tertiary/aromatic N) is 1. The van der Waals surface area contributed by atoms with Crippen molar-refractivity contribution in [1.29, 1.82) is 0 Å². The summed E-state index contributed by atoms with van der Waals surface area (Å²) in [6.07, 6.45) is 0.820. The number of carbonyl (C=O) groups excluding carboxylic acids is 2. The number of hydrogen-bond acceptors (Lipinski definition) is 5. The smallest absolute Gasteiger partial charge is 0.339 e. The molecule has 0 radical (unpaired) electrons. The molecule has 162 valence electrons. The van der Waals surface area contributed by atoms with Crippen molar-refractivity contribution < 1.29 is 23.5 Å². The Morgan fingerprint density at radius 1 is 1.10 bits per heavy atom. The van der Waals surface area contributed by atoms with Gasteiger partial charge >= 0.3 is 5.97 Å². The molecule has 0 aliphatic carbocycles. The molecular formula is C24H25FN2O4. The number of nitrogens with one attached hydrogen (secondary N) is 1. The molecule has 0 aliphatic heterocycles. The van der Waals surface area contributed by atoms with E-state index >= 15 is 0 Å². The maximum Gasteiger partial charge on any atom is 0.339 e. The number of hydrogen-bond donors (Lipinski definition) is 1. The standard InChI is InChI=1S/C24H25FN2O4/c1-16(2)30-13-5-12-26-23(28)15-31-24(29)20-14-22(17-8-10-18(25)11-9-17)27-21-7-4-3-6-19(20)21/h3-4,6-11,14,16H,5,12-13,15H2,1-2H3,(H,26,28). The third kappa shape index (κ3) is 6.33. The van der Waals surface area contributed by atoms with Crippen LogP contribution in [0.5, 0.6) is 0 Å². The Kier molecular flexibility index (Phi) is 7.67. The second-order valence-corrected chi connectivity index (χ2v) is 7.28. The molecule has 0 aliphatic rings. The highest BCUT2D eigenvalue weighted by atomic mass is 19.1. The molecule has 3 aromatic rings. The van der Waals surface area contributed by atoms with Crippen molar-refractivity contribution in [3.8, 4) is 11.3 Å². The number of carbonyl (C=O) groups is 2. The van der Waals surface area contributed by atoms with Crippen molar-refractivity contribution in [3.63, 3.8) is 0 Å². The van der Waals surface area contributed by atoms with Gasteiger partial charge in [0.2, 0.25) is 0 Å². The molecule has 0 saturated heterocycles. The molecular weight excluding hydrogens is 399 g/mol. The van der Waals surface area contributed by atoms with Crippen LogP contribution in [0.3, 0.4) is 0 Å². The van der Waals surface area contributed by atoms with Crippen molar-refractivity contribution in [2.45, 2.75) is 26.4 Å². The predicted octanol–water partition coefficient (Wildman–Crippen LogP) is 4.13. The summed E-state index contributed by atoms with van der Waals surface area (Å²) in [6.45, 7) is 4.50. The summed E-state index contributed by atoms with van der Waals surface area (Å²) in [7, 11) is 0. The van der Waals surface area contributed by atoms with Crippen LogP contribution in [0, 0.1) is 5.82 Å². The average molecular weight is 424 g/mol. The van der Waals surface area contributed by atoms with Crippen LogP contribution in [-0.4, -0.2) is 42.7 Å². The number of para-hydroxylation sites is 1. The van der Waals surface area contributed by atoms with Crippen molar-refractivity contribution in [1.82, 2.24) is 10.3 Å². The number of benzene rings is 2. The Balaban J connectivity index is 1.68. The second kappa shape index (κ2) is 10.6. The molecule has 0 atom stereocenters. The van der Waals surface area contributed by atoms with Crippen molar-refractivity contribution in [2.24, 2.45) is 0 Å². The van der Waals surface area contributed by atoms with Crippen molar-refractivity contribution in [2.75, 3.05) is 19.8 Å². The molecule has 1 heterocycles. The van der Waals surface area contributed by atoms with Crippen LogP contribution in [0.1, 0.15) is 30.6 Å². The summed E-state index contributed by atoms with van der Waals surface area (Å²) < 4.78 is 23.9. The fourth-order valence-electron chi connectivity index (χ4n) is 2.99. The summed E-state index contributed by atoms with van der Waals surface area (Å²) in [6, 6.07) is 14.6. The number of fused-ring (bicyclic) bond motifs is 1. The van der Waals surface area contributed by atoms with Gasteiger partial charge in [-0.3, -0.25) is 4.79 Å². The molecule has 0 saturated carbocycles. The number of amides is 1. The third-order valence-corrected chi connectivity index (χ3v) is 4.50. The first kappa shape index (κ1) is 22.4. The molecule has 0 bridgehead atoms. The number of ether oxygens (including phenoxy) is 2. The van der Waals surface area contributed by atoms with Gasteiger partial charge in [-0.05, 0) is 56.7 Å². The maximum absolute atomic E-state index is 13.3. The largest absolute Gasteiger partial charge is 0.452 e. The minimum atomic E-state index is -0.625. The van der Waals surface area contributed by atoms with Crippen LogP contribution < -0.4 is 5.32 Å². The fourth-order valence-corrected chi connectivity index (χ4v) is 2.99. The molecule has 7 heteroatoms. The molecule has 1 amide bonds. The van der Waals surface area contributed by atoms with Crippen LogP contribution in [0.4, 0.5) is 4.39 Å². The predicted molar refractivity (Wildman–Crippen MR) is 116 cm³/mol. The number of aromatic nitrogens is 1. The lowest BCUT2D eigenvalue weighted by Gasteiger charge is -2.11. The highest BCUT2D eigenvalue weighted by Gasteiger charge is 2.16.